The average Bonchev–Trinajstić information content (AvgIpc) is 3.77. The first-order valence-corrected chi connectivity index (χ1v) is 21.9. The van der Waals surface area contributed by atoms with Gasteiger partial charge in [-0.05, 0) is 114 Å². The van der Waals surface area contributed by atoms with E-state index in [2.05, 4.69) is 254 Å². The van der Waals surface area contributed by atoms with Crippen molar-refractivity contribution in [1.82, 2.24) is 0 Å². The van der Waals surface area contributed by atoms with Crippen LogP contribution in [0.1, 0.15) is 0 Å². The fraction of sp³-hybridized carbons (Fsp3) is 0. The van der Waals surface area contributed by atoms with Gasteiger partial charge in [-0.1, -0.05) is 206 Å². The Labute approximate surface area is 372 Å². The second-order valence-corrected chi connectivity index (χ2v) is 16.4. The summed E-state index contributed by atoms with van der Waals surface area (Å²) in [6.45, 7) is 0. The minimum atomic E-state index is 0.859. The summed E-state index contributed by atoms with van der Waals surface area (Å²) in [5.74, 6) is 0. The summed E-state index contributed by atoms with van der Waals surface area (Å²) >= 11 is 0. The van der Waals surface area contributed by atoms with E-state index in [1.165, 1.54) is 60.5 Å². The number of rotatable bonds is 8. The quantitative estimate of drug-likeness (QED) is 0.142. The zero-order valence-electron chi connectivity index (χ0n) is 35.0. The van der Waals surface area contributed by atoms with Gasteiger partial charge in [-0.25, -0.2) is 0 Å². The highest BCUT2D eigenvalue weighted by Crippen LogP contribution is 2.48. The molecule has 0 aliphatic heterocycles. The van der Waals surface area contributed by atoms with Crippen molar-refractivity contribution in [3.63, 3.8) is 0 Å². The topological polar surface area (TPSA) is 16.4 Å². The molecule has 1 heterocycles. The standard InChI is InChI=1S/C62H41NO/c1-4-15-42(16-5-1)43-27-29-47(30-28-43)55-39-40-58(61-56-23-12-13-26-59(56)64-62(55)61)63(51-38-33-48-32-31-46-21-10-11-22-52(46)57(48)41-51)50-36-34-49(35-37-50)60-53(44-17-6-2-7-18-44)24-14-25-54(60)45-19-8-3-9-20-45/h1-41H. The molecule has 0 fully saturated rings. The predicted molar refractivity (Wildman–Crippen MR) is 271 cm³/mol. The number of nitrogens with zero attached hydrogens (tertiary/aromatic N) is 1. The molecule has 0 saturated carbocycles. The van der Waals surface area contributed by atoms with Crippen molar-refractivity contribution in [2.75, 3.05) is 4.90 Å². The van der Waals surface area contributed by atoms with Crippen molar-refractivity contribution in [2.24, 2.45) is 0 Å². The summed E-state index contributed by atoms with van der Waals surface area (Å²) in [5, 5.41) is 7.02. The highest BCUT2D eigenvalue weighted by Gasteiger charge is 2.23. The molecular weight excluding hydrogens is 775 g/mol. The third-order valence-electron chi connectivity index (χ3n) is 12.7. The maximum Gasteiger partial charge on any atom is 0.145 e. The molecule has 0 spiro atoms. The van der Waals surface area contributed by atoms with Crippen LogP contribution in [-0.4, -0.2) is 0 Å². The van der Waals surface area contributed by atoms with Crippen molar-refractivity contribution in [3.8, 4) is 55.6 Å². The van der Waals surface area contributed by atoms with Gasteiger partial charge in [-0.3, -0.25) is 0 Å². The van der Waals surface area contributed by atoms with Crippen molar-refractivity contribution >= 4 is 60.5 Å². The molecule has 0 bridgehead atoms. The highest BCUT2D eigenvalue weighted by atomic mass is 16.3. The number of para-hydroxylation sites is 1. The van der Waals surface area contributed by atoms with Crippen molar-refractivity contribution in [2.45, 2.75) is 0 Å². The third-order valence-corrected chi connectivity index (χ3v) is 12.7. The molecule has 2 heteroatoms. The van der Waals surface area contributed by atoms with E-state index in [1.54, 1.807) is 0 Å². The molecular formula is C62H41NO. The summed E-state index contributed by atoms with van der Waals surface area (Å²) in [5.41, 5.74) is 16.6. The lowest BCUT2D eigenvalue weighted by molar-refractivity contribution is 0.670. The number of fused-ring (bicyclic) bond motifs is 6. The van der Waals surface area contributed by atoms with Crippen LogP contribution in [0.2, 0.25) is 0 Å². The fourth-order valence-electron chi connectivity index (χ4n) is 9.61. The van der Waals surface area contributed by atoms with Gasteiger partial charge in [0.2, 0.25) is 0 Å². The molecule has 2 nitrogen and oxygen atoms in total. The van der Waals surface area contributed by atoms with Gasteiger partial charge in [0.05, 0.1) is 11.1 Å². The van der Waals surface area contributed by atoms with E-state index in [0.29, 0.717) is 0 Å². The number of anilines is 3. The van der Waals surface area contributed by atoms with Gasteiger partial charge in [0.1, 0.15) is 11.2 Å². The van der Waals surface area contributed by atoms with E-state index < -0.39 is 0 Å². The second kappa shape index (κ2) is 15.8. The lowest BCUT2D eigenvalue weighted by Crippen LogP contribution is -2.10. The molecule has 0 saturated heterocycles. The average molecular weight is 816 g/mol. The second-order valence-electron chi connectivity index (χ2n) is 16.4. The molecule has 0 amide bonds. The van der Waals surface area contributed by atoms with Crippen LogP contribution in [-0.2, 0) is 0 Å². The lowest BCUT2D eigenvalue weighted by atomic mass is 9.87. The summed E-state index contributed by atoms with van der Waals surface area (Å²) in [6, 6.07) is 89.6. The Morgan fingerprint density at radius 3 is 1.48 bits per heavy atom. The Bertz CT molecular complexity index is 3570. The number of hydrogen-bond acceptors (Lipinski definition) is 2. The number of benzene rings is 11. The van der Waals surface area contributed by atoms with Gasteiger partial charge < -0.3 is 9.32 Å². The summed E-state index contributed by atoms with van der Waals surface area (Å²) in [6.07, 6.45) is 0. The largest absolute Gasteiger partial charge is 0.455 e. The minimum Gasteiger partial charge on any atom is -0.455 e. The summed E-state index contributed by atoms with van der Waals surface area (Å²) < 4.78 is 6.90. The first-order chi connectivity index (χ1) is 31.7. The molecule has 0 aliphatic rings. The number of hydrogen-bond donors (Lipinski definition) is 0. The molecule has 1 aromatic heterocycles. The van der Waals surface area contributed by atoms with Gasteiger partial charge >= 0.3 is 0 Å². The Kier molecular flexibility index (Phi) is 9.20. The summed E-state index contributed by atoms with van der Waals surface area (Å²) in [7, 11) is 0. The van der Waals surface area contributed by atoms with Crippen LogP contribution in [0.5, 0.6) is 0 Å². The molecule has 12 rings (SSSR count). The predicted octanol–water partition coefficient (Wildman–Crippen LogP) is 17.7. The van der Waals surface area contributed by atoms with E-state index in [0.717, 1.165) is 55.7 Å². The molecule has 12 aromatic rings. The highest BCUT2D eigenvalue weighted by molar-refractivity contribution is 6.18. The smallest absolute Gasteiger partial charge is 0.145 e. The zero-order valence-corrected chi connectivity index (χ0v) is 35.0. The van der Waals surface area contributed by atoms with E-state index in [4.69, 9.17) is 4.42 Å². The Hall–Kier alpha value is -8.46. The fourth-order valence-corrected chi connectivity index (χ4v) is 9.61. The molecule has 300 valence electrons. The Morgan fingerprint density at radius 1 is 0.297 bits per heavy atom. The van der Waals surface area contributed by atoms with E-state index in [-0.39, 0.29) is 0 Å². The van der Waals surface area contributed by atoms with E-state index >= 15 is 0 Å². The first kappa shape index (κ1) is 37.3. The van der Waals surface area contributed by atoms with Gasteiger partial charge in [-0.2, -0.15) is 0 Å². The lowest BCUT2D eigenvalue weighted by Gasteiger charge is -2.27. The van der Waals surface area contributed by atoms with Crippen molar-refractivity contribution < 1.29 is 4.42 Å². The normalized spacial score (nSPS) is 11.4. The third kappa shape index (κ3) is 6.52. The van der Waals surface area contributed by atoms with Crippen LogP contribution in [0.3, 0.4) is 0 Å². The molecule has 0 aliphatic carbocycles. The molecule has 64 heavy (non-hydrogen) atoms. The first-order valence-electron chi connectivity index (χ1n) is 21.9. The molecule has 0 unspecified atom stereocenters. The van der Waals surface area contributed by atoms with E-state index in [9.17, 15) is 0 Å². The summed E-state index contributed by atoms with van der Waals surface area (Å²) in [4.78, 5) is 2.42. The van der Waals surface area contributed by atoms with Crippen LogP contribution < -0.4 is 4.90 Å². The van der Waals surface area contributed by atoms with Crippen LogP contribution in [0.4, 0.5) is 17.1 Å². The minimum absolute atomic E-state index is 0.859. The van der Waals surface area contributed by atoms with Crippen LogP contribution in [0.15, 0.2) is 253 Å². The van der Waals surface area contributed by atoms with Gasteiger partial charge in [-0.15, -0.1) is 0 Å². The van der Waals surface area contributed by atoms with Gasteiger partial charge in [0.25, 0.3) is 0 Å². The SMILES string of the molecule is c1ccc(-c2ccc(-c3ccc(N(c4ccc(-c5c(-c6ccccc6)cccc5-c5ccccc5)cc4)c4ccc5ccc6ccccc6c5c4)c4c3oc3ccccc34)cc2)cc1. The van der Waals surface area contributed by atoms with Crippen LogP contribution >= 0.6 is 0 Å². The van der Waals surface area contributed by atoms with E-state index in [1.807, 2.05) is 0 Å². The number of furan rings is 1. The van der Waals surface area contributed by atoms with Crippen molar-refractivity contribution in [1.29, 1.82) is 0 Å². The maximum atomic E-state index is 6.90. The van der Waals surface area contributed by atoms with Crippen molar-refractivity contribution in [3.05, 3.63) is 249 Å². The monoisotopic (exact) mass is 815 g/mol. The van der Waals surface area contributed by atoms with Crippen LogP contribution in [0.25, 0.3) is 99.1 Å². The molecule has 0 radical (unpaired) electrons. The molecule has 11 aromatic carbocycles. The molecule has 0 atom stereocenters. The van der Waals surface area contributed by atoms with Gasteiger partial charge in [0, 0.05) is 22.3 Å². The Morgan fingerprint density at radius 2 is 0.797 bits per heavy atom. The van der Waals surface area contributed by atoms with Crippen LogP contribution in [0, 0.1) is 0 Å². The van der Waals surface area contributed by atoms with Gasteiger partial charge in [0.15, 0.2) is 0 Å². The zero-order chi connectivity index (χ0) is 42.4. The maximum absolute atomic E-state index is 6.90. The molecule has 0 N–H and O–H groups in total. The Balaban J connectivity index is 1.07.